The molecule has 0 saturated carbocycles. The molecule has 6 rings (SSSR count). The van der Waals surface area contributed by atoms with E-state index in [4.69, 9.17) is 4.74 Å². The average molecular weight is 539 g/mol. The molecule has 7 heteroatoms. The van der Waals surface area contributed by atoms with E-state index in [1.165, 1.54) is 16.7 Å². The Morgan fingerprint density at radius 3 is 2.73 bits per heavy atom. The highest BCUT2D eigenvalue weighted by Crippen LogP contribution is 2.46. The van der Waals surface area contributed by atoms with Gasteiger partial charge in [0.2, 0.25) is 0 Å². The molecule has 4 aromatic rings. The Morgan fingerprint density at radius 2 is 1.95 bits per heavy atom. The summed E-state index contributed by atoms with van der Waals surface area (Å²) in [5.41, 5.74) is 7.61. The minimum absolute atomic E-state index is 0.135. The summed E-state index contributed by atoms with van der Waals surface area (Å²) in [5, 5.41) is 19.0. The number of hydrogen-bond acceptors (Lipinski definition) is 5. The second-order valence-corrected chi connectivity index (χ2v) is 12.0. The van der Waals surface area contributed by atoms with Gasteiger partial charge in [0.1, 0.15) is 17.4 Å². The fourth-order valence-electron chi connectivity index (χ4n) is 6.79. The van der Waals surface area contributed by atoms with Crippen LogP contribution in [-0.4, -0.2) is 43.6 Å². The van der Waals surface area contributed by atoms with Crippen molar-refractivity contribution >= 4 is 17.0 Å². The zero-order valence-corrected chi connectivity index (χ0v) is 24.0. The summed E-state index contributed by atoms with van der Waals surface area (Å²) in [7, 11) is 1.88. The molecular formula is C33H38N4O3. The van der Waals surface area contributed by atoms with Gasteiger partial charge in [0, 0.05) is 37.7 Å². The van der Waals surface area contributed by atoms with Crippen LogP contribution in [0.1, 0.15) is 79.0 Å². The zero-order valence-electron chi connectivity index (χ0n) is 24.0. The minimum atomic E-state index is -1.04. The highest BCUT2D eigenvalue weighted by molar-refractivity contribution is 5.81. The first kappa shape index (κ1) is 26.5. The number of nitrogens with zero attached hydrogens (tertiary/aromatic N) is 4. The van der Waals surface area contributed by atoms with Gasteiger partial charge in [-0.2, -0.15) is 0 Å². The van der Waals surface area contributed by atoms with Crippen LogP contribution in [0.3, 0.4) is 0 Å². The monoisotopic (exact) mass is 538 g/mol. The number of benzene rings is 3. The molecule has 1 aliphatic heterocycles. The van der Waals surface area contributed by atoms with E-state index in [2.05, 4.69) is 64.6 Å². The summed E-state index contributed by atoms with van der Waals surface area (Å²) in [6.07, 6.45) is 3.16. The summed E-state index contributed by atoms with van der Waals surface area (Å²) in [4.78, 5) is 15.3. The maximum absolute atomic E-state index is 12.7. The predicted octanol–water partition coefficient (Wildman–Crippen LogP) is 6.18. The first-order valence-corrected chi connectivity index (χ1v) is 14.3. The van der Waals surface area contributed by atoms with Gasteiger partial charge in [-0.05, 0) is 80.0 Å². The molecule has 40 heavy (non-hydrogen) atoms. The van der Waals surface area contributed by atoms with Crippen LogP contribution in [0, 0.1) is 12.3 Å². The zero-order chi connectivity index (χ0) is 28.2. The summed E-state index contributed by atoms with van der Waals surface area (Å²) < 4.78 is 8.17. The molecule has 1 N–H and O–H groups in total. The van der Waals surface area contributed by atoms with Crippen LogP contribution >= 0.6 is 0 Å². The molecule has 208 valence electrons. The van der Waals surface area contributed by atoms with Crippen LogP contribution in [0.15, 0.2) is 54.6 Å². The molecule has 0 saturated heterocycles. The Bertz CT molecular complexity index is 1590. The highest BCUT2D eigenvalue weighted by Gasteiger charge is 2.41. The third kappa shape index (κ3) is 4.37. The minimum Gasteiger partial charge on any atom is -0.489 e. The number of hydrogen-bond donors (Lipinski definition) is 1. The number of aliphatic carboxylic acids is 1. The van der Waals surface area contributed by atoms with Crippen molar-refractivity contribution in [3.05, 3.63) is 88.0 Å². The van der Waals surface area contributed by atoms with Crippen molar-refractivity contribution < 1.29 is 14.6 Å². The van der Waals surface area contributed by atoms with Gasteiger partial charge in [0.15, 0.2) is 0 Å². The molecule has 0 radical (unpaired) electrons. The number of ether oxygens (including phenoxy) is 1. The van der Waals surface area contributed by atoms with E-state index in [1.54, 1.807) is 4.68 Å². The molecule has 0 bridgehead atoms. The van der Waals surface area contributed by atoms with Crippen LogP contribution in [0.5, 0.6) is 5.75 Å². The lowest BCUT2D eigenvalue weighted by molar-refractivity contribution is -0.147. The van der Waals surface area contributed by atoms with Crippen LogP contribution in [0.25, 0.3) is 11.0 Å². The Hall–Kier alpha value is -3.71. The first-order valence-electron chi connectivity index (χ1n) is 14.3. The topological polar surface area (TPSA) is 80.5 Å². The summed E-state index contributed by atoms with van der Waals surface area (Å²) in [6, 6.07) is 19.4. The molecule has 0 fully saturated rings. The molecule has 0 spiro atoms. The third-order valence-corrected chi connectivity index (χ3v) is 9.19. The van der Waals surface area contributed by atoms with Gasteiger partial charge in [-0.3, -0.25) is 9.69 Å². The van der Waals surface area contributed by atoms with Crippen LogP contribution in [-0.2, 0) is 24.8 Å². The number of carboxylic acids is 1. The molecule has 2 aliphatic rings. The third-order valence-electron chi connectivity index (χ3n) is 9.19. The molecule has 7 nitrogen and oxygen atoms in total. The average Bonchev–Trinajstić information content (AvgIpc) is 3.47. The van der Waals surface area contributed by atoms with Crippen LogP contribution < -0.4 is 4.74 Å². The predicted molar refractivity (Wildman–Crippen MR) is 156 cm³/mol. The van der Waals surface area contributed by atoms with Gasteiger partial charge in [-0.1, -0.05) is 54.6 Å². The van der Waals surface area contributed by atoms with Crippen LogP contribution in [0.4, 0.5) is 0 Å². The Kier molecular flexibility index (Phi) is 6.65. The Labute approximate surface area is 235 Å². The number of para-hydroxylation sites is 1. The second-order valence-electron chi connectivity index (χ2n) is 12.0. The molecule has 3 atom stereocenters. The Morgan fingerprint density at radius 1 is 1.15 bits per heavy atom. The number of aryl methyl sites for hydroxylation is 3. The maximum Gasteiger partial charge on any atom is 0.310 e. The van der Waals surface area contributed by atoms with E-state index in [-0.39, 0.29) is 18.1 Å². The van der Waals surface area contributed by atoms with Crippen molar-refractivity contribution in [2.24, 2.45) is 12.5 Å². The van der Waals surface area contributed by atoms with Crippen LogP contribution in [0.2, 0.25) is 0 Å². The summed E-state index contributed by atoms with van der Waals surface area (Å²) in [6.45, 7) is 9.60. The van der Waals surface area contributed by atoms with Crippen molar-refractivity contribution in [2.75, 3.05) is 6.54 Å². The van der Waals surface area contributed by atoms with E-state index < -0.39 is 11.4 Å². The lowest BCUT2D eigenvalue weighted by atomic mass is 9.69. The number of carboxylic acid groups (broad SMARTS) is 1. The van der Waals surface area contributed by atoms with Crippen molar-refractivity contribution in [3.63, 3.8) is 0 Å². The van der Waals surface area contributed by atoms with E-state index in [1.807, 2.05) is 40.0 Å². The first-order chi connectivity index (χ1) is 19.2. The van der Waals surface area contributed by atoms with Gasteiger partial charge in [0.05, 0.1) is 10.9 Å². The van der Waals surface area contributed by atoms with Gasteiger partial charge in [-0.25, -0.2) is 4.68 Å². The molecule has 3 aromatic carbocycles. The largest absolute Gasteiger partial charge is 0.489 e. The quantitative estimate of drug-likeness (QED) is 0.316. The fraction of sp³-hybridized carbons (Fsp3) is 0.424. The van der Waals surface area contributed by atoms with Gasteiger partial charge in [0.25, 0.3) is 0 Å². The number of carbonyl (C=O) groups is 1. The van der Waals surface area contributed by atoms with E-state index >= 15 is 0 Å². The standard InChI is InChI=1S/C33H38N4O3/c1-6-24-19-37(18-23-9-7-8-10-29(23)40-24)27-15-13-21-11-12-22(17-26(21)27)30(33(3,4)32(38)39)25-14-16-28-31(20(25)2)34-35-36(28)5/h7-12,14,16-17,24,27,30H,6,13,15,18-19H2,1-5H3,(H,38,39)/t24-,27?,30?/m1/s1. The molecular weight excluding hydrogens is 500 g/mol. The molecule has 2 unspecified atom stereocenters. The van der Waals surface area contributed by atoms with Gasteiger partial charge >= 0.3 is 5.97 Å². The molecule has 1 aromatic heterocycles. The fourth-order valence-corrected chi connectivity index (χ4v) is 6.79. The molecule has 0 amide bonds. The summed E-state index contributed by atoms with van der Waals surface area (Å²) >= 11 is 0. The Balaban J connectivity index is 1.44. The lowest BCUT2D eigenvalue weighted by Crippen LogP contribution is -2.35. The summed E-state index contributed by atoms with van der Waals surface area (Å²) in [5.74, 6) is -0.179. The van der Waals surface area contributed by atoms with Gasteiger partial charge in [-0.15, -0.1) is 5.10 Å². The molecule has 2 heterocycles. The highest BCUT2D eigenvalue weighted by atomic mass is 16.5. The maximum atomic E-state index is 12.7. The number of fused-ring (bicyclic) bond motifs is 3. The van der Waals surface area contributed by atoms with E-state index in [0.717, 1.165) is 65.8 Å². The van der Waals surface area contributed by atoms with E-state index in [9.17, 15) is 9.90 Å². The lowest BCUT2D eigenvalue weighted by Gasteiger charge is -2.34. The molecule has 1 aliphatic carbocycles. The van der Waals surface area contributed by atoms with Crippen molar-refractivity contribution in [2.45, 2.75) is 71.6 Å². The van der Waals surface area contributed by atoms with E-state index in [0.29, 0.717) is 0 Å². The second kappa shape index (κ2) is 10.0. The SMILES string of the molecule is CC[C@@H]1CN(C2CCc3ccc(C(c4ccc5c(nnn5C)c4C)C(C)(C)C(=O)O)cc32)Cc2ccccc2O1. The van der Waals surface area contributed by atoms with Crippen molar-refractivity contribution in [1.29, 1.82) is 0 Å². The van der Waals surface area contributed by atoms with Crippen molar-refractivity contribution in [1.82, 2.24) is 19.9 Å². The number of aromatic nitrogens is 3. The normalized spacial score (nSPS) is 20.0. The van der Waals surface area contributed by atoms with Gasteiger partial charge < -0.3 is 9.84 Å². The number of rotatable bonds is 6. The van der Waals surface area contributed by atoms with Crippen molar-refractivity contribution in [3.8, 4) is 5.75 Å². The smallest absolute Gasteiger partial charge is 0.310 e.